The highest BCUT2D eigenvalue weighted by Crippen LogP contribution is 2.13. The molecule has 0 aromatic rings. The summed E-state index contributed by atoms with van der Waals surface area (Å²) in [5, 5.41) is 0. The monoisotopic (exact) mass is 131 g/mol. The van der Waals surface area contributed by atoms with E-state index < -0.39 is 0 Å². The third-order valence-corrected chi connectivity index (χ3v) is 1.70. The Morgan fingerprint density at radius 2 is 1.40 bits per heavy atom. The molecule has 10 heavy (non-hydrogen) atoms. The number of rotatable bonds is 0. The summed E-state index contributed by atoms with van der Waals surface area (Å²) in [6.45, 7) is 0. The number of hydrogen-bond acceptors (Lipinski definition) is 1. The molecule has 0 radical (unpaired) electrons. The van der Waals surface area contributed by atoms with Crippen molar-refractivity contribution in [3.63, 3.8) is 0 Å². The van der Waals surface area contributed by atoms with Gasteiger partial charge in [0.2, 0.25) is 0 Å². The molecule has 0 amide bonds. The second-order valence-corrected chi connectivity index (χ2v) is 2.39. The van der Waals surface area contributed by atoms with Gasteiger partial charge in [0.1, 0.15) is 0 Å². The van der Waals surface area contributed by atoms with Gasteiger partial charge < -0.3 is 4.90 Å². The first-order valence-corrected chi connectivity index (χ1v) is 3.44. The predicted molar refractivity (Wildman–Crippen MR) is 42.2 cm³/mol. The molecule has 0 spiro atoms. The van der Waals surface area contributed by atoms with Gasteiger partial charge in [-0.2, -0.15) is 0 Å². The summed E-state index contributed by atoms with van der Waals surface area (Å²) in [7, 11) is 0. The van der Waals surface area contributed by atoms with Crippen LogP contribution in [0.1, 0.15) is 0 Å². The van der Waals surface area contributed by atoms with E-state index in [-0.39, 0.29) is 0 Å². The van der Waals surface area contributed by atoms with Gasteiger partial charge >= 0.3 is 0 Å². The molecule has 0 bridgehead atoms. The fourth-order valence-corrected chi connectivity index (χ4v) is 1.17. The van der Waals surface area contributed by atoms with Gasteiger partial charge in [0.15, 0.2) is 0 Å². The van der Waals surface area contributed by atoms with Crippen molar-refractivity contribution in [3.8, 4) is 0 Å². The lowest BCUT2D eigenvalue weighted by Gasteiger charge is -2.26. The molecule has 2 heterocycles. The average Bonchev–Trinajstić information content (AvgIpc) is 2.05. The van der Waals surface area contributed by atoms with Crippen LogP contribution >= 0.6 is 0 Å². The molecular weight excluding hydrogens is 122 g/mol. The van der Waals surface area contributed by atoms with Crippen molar-refractivity contribution >= 4 is 0 Å². The van der Waals surface area contributed by atoms with Crippen LogP contribution in [0, 0.1) is 0 Å². The standard InChI is InChI=1S/C9H9N/c1-3-7-10-8-4-2-6-9(10)5-1/h1-9H. The first-order valence-electron chi connectivity index (χ1n) is 3.44. The molecule has 1 nitrogen and oxygen atoms in total. The Balaban J connectivity index is 2.28. The summed E-state index contributed by atoms with van der Waals surface area (Å²) in [6.07, 6.45) is 16.7. The lowest BCUT2D eigenvalue weighted by atomic mass is 10.1. The Morgan fingerprint density at radius 1 is 0.800 bits per heavy atom. The second-order valence-electron chi connectivity index (χ2n) is 2.39. The Bertz CT molecular complexity index is 183. The summed E-state index contributed by atoms with van der Waals surface area (Å²) in [5.74, 6) is 0. The zero-order valence-electron chi connectivity index (χ0n) is 5.64. The van der Waals surface area contributed by atoms with E-state index in [1.165, 1.54) is 0 Å². The smallest absolute Gasteiger partial charge is 0.0700 e. The molecular formula is C9H9N. The molecule has 2 rings (SSSR count). The van der Waals surface area contributed by atoms with Crippen molar-refractivity contribution in [1.29, 1.82) is 0 Å². The third kappa shape index (κ3) is 0.798. The Labute approximate surface area is 60.6 Å². The van der Waals surface area contributed by atoms with Crippen molar-refractivity contribution in [2.24, 2.45) is 0 Å². The molecule has 0 aliphatic carbocycles. The molecule has 0 N–H and O–H groups in total. The van der Waals surface area contributed by atoms with E-state index in [0.717, 1.165) is 0 Å². The van der Waals surface area contributed by atoms with Crippen molar-refractivity contribution in [1.82, 2.24) is 4.90 Å². The fourth-order valence-electron chi connectivity index (χ4n) is 1.17. The van der Waals surface area contributed by atoms with Crippen LogP contribution in [0.25, 0.3) is 0 Å². The van der Waals surface area contributed by atoms with Gasteiger partial charge in [-0.15, -0.1) is 0 Å². The minimum atomic E-state index is 0.454. The third-order valence-electron chi connectivity index (χ3n) is 1.70. The SMILES string of the molecule is C1=CC2C=CC=CN2C=C1. The maximum atomic E-state index is 2.17. The fraction of sp³-hybridized carbons (Fsp3) is 0.111. The molecule has 50 valence electrons. The highest BCUT2D eigenvalue weighted by molar-refractivity contribution is 5.26. The van der Waals surface area contributed by atoms with Crippen LogP contribution in [0.15, 0.2) is 48.9 Å². The molecule has 1 heteroatoms. The van der Waals surface area contributed by atoms with E-state index in [2.05, 4.69) is 41.6 Å². The Morgan fingerprint density at radius 3 is 1.90 bits per heavy atom. The van der Waals surface area contributed by atoms with E-state index in [4.69, 9.17) is 0 Å². The largest absolute Gasteiger partial charge is 0.344 e. The van der Waals surface area contributed by atoms with Crippen LogP contribution in [0.3, 0.4) is 0 Å². The highest BCUT2D eigenvalue weighted by Gasteiger charge is 2.09. The maximum absolute atomic E-state index is 2.17. The van der Waals surface area contributed by atoms with Crippen LogP contribution < -0.4 is 0 Å². The van der Waals surface area contributed by atoms with E-state index in [1.54, 1.807) is 0 Å². The van der Waals surface area contributed by atoms with Gasteiger partial charge in [-0.3, -0.25) is 0 Å². The number of fused-ring (bicyclic) bond motifs is 1. The number of hydrogen-bond donors (Lipinski definition) is 0. The molecule has 0 aromatic heterocycles. The van der Waals surface area contributed by atoms with E-state index in [1.807, 2.05) is 12.2 Å². The predicted octanol–water partition coefficient (Wildman–Crippen LogP) is 1.82. The summed E-state index contributed by atoms with van der Waals surface area (Å²) in [5.41, 5.74) is 0. The van der Waals surface area contributed by atoms with Crippen LogP contribution in [0.2, 0.25) is 0 Å². The van der Waals surface area contributed by atoms with Crippen molar-refractivity contribution in [2.45, 2.75) is 6.04 Å². The van der Waals surface area contributed by atoms with Crippen LogP contribution in [0.5, 0.6) is 0 Å². The van der Waals surface area contributed by atoms with Crippen LogP contribution in [0.4, 0.5) is 0 Å². The van der Waals surface area contributed by atoms with Crippen LogP contribution in [-0.2, 0) is 0 Å². The van der Waals surface area contributed by atoms with Gasteiger partial charge in [0, 0.05) is 12.4 Å². The van der Waals surface area contributed by atoms with Gasteiger partial charge in [0.05, 0.1) is 6.04 Å². The first-order chi connectivity index (χ1) is 4.97. The van der Waals surface area contributed by atoms with E-state index in [0.29, 0.717) is 6.04 Å². The lowest BCUT2D eigenvalue weighted by Crippen LogP contribution is -2.24. The molecule has 0 saturated carbocycles. The quantitative estimate of drug-likeness (QED) is 0.484. The number of allylic oxidation sites excluding steroid dienone is 4. The van der Waals surface area contributed by atoms with Gasteiger partial charge in [0.25, 0.3) is 0 Å². The minimum absolute atomic E-state index is 0.454. The average molecular weight is 131 g/mol. The van der Waals surface area contributed by atoms with Gasteiger partial charge in [-0.05, 0) is 12.2 Å². The van der Waals surface area contributed by atoms with Gasteiger partial charge in [-0.25, -0.2) is 0 Å². The molecule has 0 aromatic carbocycles. The van der Waals surface area contributed by atoms with Crippen molar-refractivity contribution in [3.05, 3.63) is 48.9 Å². The van der Waals surface area contributed by atoms with E-state index in [9.17, 15) is 0 Å². The molecule has 2 aliphatic rings. The molecule has 0 saturated heterocycles. The van der Waals surface area contributed by atoms with Crippen molar-refractivity contribution < 1.29 is 0 Å². The molecule has 0 atom stereocenters. The Hall–Kier alpha value is -1.24. The van der Waals surface area contributed by atoms with E-state index >= 15 is 0 Å². The summed E-state index contributed by atoms with van der Waals surface area (Å²) in [6, 6.07) is 0.454. The number of nitrogens with zero attached hydrogens (tertiary/aromatic N) is 1. The normalized spacial score (nSPS) is 21.8. The molecule has 0 fully saturated rings. The topological polar surface area (TPSA) is 3.24 Å². The molecule has 0 unspecified atom stereocenters. The summed E-state index contributed by atoms with van der Waals surface area (Å²) < 4.78 is 0. The highest BCUT2D eigenvalue weighted by atomic mass is 15.1. The summed E-state index contributed by atoms with van der Waals surface area (Å²) >= 11 is 0. The maximum Gasteiger partial charge on any atom is 0.0700 e. The zero-order chi connectivity index (χ0) is 6.81. The van der Waals surface area contributed by atoms with Crippen LogP contribution in [-0.4, -0.2) is 10.9 Å². The van der Waals surface area contributed by atoms with Crippen molar-refractivity contribution in [2.75, 3.05) is 0 Å². The lowest BCUT2D eigenvalue weighted by molar-refractivity contribution is 0.476. The summed E-state index contributed by atoms with van der Waals surface area (Å²) in [4.78, 5) is 2.17. The second kappa shape index (κ2) is 2.18. The first kappa shape index (κ1) is 5.54. The molecule has 2 aliphatic heterocycles. The van der Waals surface area contributed by atoms with Gasteiger partial charge in [-0.1, -0.05) is 24.3 Å². The Kier molecular flexibility index (Phi) is 1.21. The zero-order valence-corrected chi connectivity index (χ0v) is 5.64. The minimum Gasteiger partial charge on any atom is -0.344 e.